The van der Waals surface area contributed by atoms with Crippen LogP contribution in [0.3, 0.4) is 0 Å². The van der Waals surface area contributed by atoms with E-state index < -0.39 is 23.9 Å². The lowest BCUT2D eigenvalue weighted by atomic mass is 10.2. The lowest BCUT2D eigenvalue weighted by Gasteiger charge is -2.21. The number of thioether (sulfide) groups is 1. The van der Waals surface area contributed by atoms with Crippen molar-refractivity contribution < 1.29 is 14.4 Å². The number of halogens is 1. The van der Waals surface area contributed by atoms with Gasteiger partial charge in [-0.2, -0.15) is 0 Å². The third-order valence-electron chi connectivity index (χ3n) is 3.27. The van der Waals surface area contributed by atoms with Crippen LogP contribution in [0.4, 0.5) is 4.79 Å². The van der Waals surface area contributed by atoms with Crippen LogP contribution in [0.2, 0.25) is 5.02 Å². The number of nitrogens with zero attached hydrogens (tertiary/aromatic N) is 1. The highest BCUT2D eigenvalue weighted by molar-refractivity contribution is 8.00. The normalized spacial score (nSPS) is 17.3. The van der Waals surface area contributed by atoms with E-state index in [2.05, 4.69) is 5.32 Å². The molecule has 118 valence electrons. The second-order valence-corrected chi connectivity index (χ2v) is 6.33. The third kappa shape index (κ3) is 4.38. The second-order valence-electron chi connectivity index (χ2n) is 4.85. The number of benzene rings is 1. The number of carbonyl (C=O) groups excluding carboxylic acids is 3. The number of likely N-dealkylation sites (tertiary alicyclic amines) is 1. The molecule has 1 heterocycles. The molecule has 1 aromatic rings. The lowest BCUT2D eigenvalue weighted by Crippen LogP contribution is -2.49. The molecule has 22 heavy (non-hydrogen) atoms. The molecule has 1 fully saturated rings. The topological polar surface area (TPSA) is 92.5 Å². The van der Waals surface area contributed by atoms with Gasteiger partial charge < -0.3 is 10.6 Å². The molecule has 1 atom stereocenters. The van der Waals surface area contributed by atoms with Crippen molar-refractivity contribution in [1.82, 2.24) is 10.2 Å². The average molecular weight is 342 g/mol. The average Bonchev–Trinajstić information content (AvgIpc) is 2.96. The predicted octanol–water partition coefficient (Wildman–Crippen LogP) is 1.62. The Hall–Kier alpha value is -1.73. The van der Waals surface area contributed by atoms with Crippen LogP contribution in [0.15, 0.2) is 29.2 Å². The Labute approximate surface area is 137 Å². The summed E-state index contributed by atoms with van der Waals surface area (Å²) >= 11 is 7.07. The van der Waals surface area contributed by atoms with Crippen molar-refractivity contribution in [2.75, 3.05) is 12.3 Å². The second kappa shape index (κ2) is 7.51. The summed E-state index contributed by atoms with van der Waals surface area (Å²) in [5, 5.41) is 2.90. The Morgan fingerprint density at radius 3 is 2.64 bits per heavy atom. The Morgan fingerprint density at radius 1 is 1.32 bits per heavy atom. The molecule has 1 saturated heterocycles. The minimum Gasteiger partial charge on any atom is -0.368 e. The number of urea groups is 1. The zero-order chi connectivity index (χ0) is 16.1. The van der Waals surface area contributed by atoms with Gasteiger partial charge in [-0.15, -0.1) is 11.8 Å². The van der Waals surface area contributed by atoms with Gasteiger partial charge in [0.1, 0.15) is 6.04 Å². The van der Waals surface area contributed by atoms with Crippen molar-refractivity contribution in [3.63, 3.8) is 0 Å². The van der Waals surface area contributed by atoms with Crippen molar-refractivity contribution in [2.45, 2.75) is 23.8 Å². The summed E-state index contributed by atoms with van der Waals surface area (Å²) in [7, 11) is 0. The molecule has 4 amide bonds. The fraction of sp³-hybridized carbons (Fsp3) is 0.357. The Kier molecular flexibility index (Phi) is 5.68. The highest BCUT2D eigenvalue weighted by atomic mass is 35.5. The van der Waals surface area contributed by atoms with Crippen molar-refractivity contribution in [1.29, 1.82) is 0 Å². The number of rotatable bonds is 4. The fourth-order valence-electron chi connectivity index (χ4n) is 2.21. The first-order valence-corrected chi connectivity index (χ1v) is 8.12. The molecule has 1 aliphatic heterocycles. The van der Waals surface area contributed by atoms with E-state index in [1.807, 2.05) is 0 Å². The van der Waals surface area contributed by atoms with Gasteiger partial charge in [0, 0.05) is 16.5 Å². The maximum absolute atomic E-state index is 12.0. The monoisotopic (exact) mass is 341 g/mol. The van der Waals surface area contributed by atoms with Gasteiger partial charge in [0.15, 0.2) is 0 Å². The summed E-state index contributed by atoms with van der Waals surface area (Å²) in [6.07, 6.45) is 1.24. The minimum atomic E-state index is -0.628. The first kappa shape index (κ1) is 16.6. The summed E-state index contributed by atoms with van der Waals surface area (Å²) in [5.41, 5.74) is 5.24. The van der Waals surface area contributed by atoms with Gasteiger partial charge in [-0.3, -0.25) is 14.9 Å². The molecule has 0 spiro atoms. The van der Waals surface area contributed by atoms with Crippen LogP contribution in [-0.4, -0.2) is 41.1 Å². The van der Waals surface area contributed by atoms with Crippen LogP contribution in [0.25, 0.3) is 0 Å². The molecule has 0 unspecified atom stereocenters. The molecule has 3 N–H and O–H groups in total. The van der Waals surface area contributed by atoms with E-state index in [-0.39, 0.29) is 5.75 Å². The van der Waals surface area contributed by atoms with Gasteiger partial charge in [-0.1, -0.05) is 11.6 Å². The molecule has 0 radical (unpaired) electrons. The number of imide groups is 1. The lowest BCUT2D eigenvalue weighted by molar-refractivity contribution is -0.122. The van der Waals surface area contributed by atoms with Gasteiger partial charge in [0.05, 0.1) is 5.75 Å². The molecule has 1 aliphatic rings. The predicted molar refractivity (Wildman–Crippen MR) is 84.6 cm³/mol. The Bertz CT molecular complexity index is 579. The summed E-state index contributed by atoms with van der Waals surface area (Å²) in [6, 6.07) is 5.86. The molecule has 1 aromatic carbocycles. The third-order valence-corrected chi connectivity index (χ3v) is 4.54. The van der Waals surface area contributed by atoms with Crippen molar-refractivity contribution in [3.05, 3.63) is 29.3 Å². The highest BCUT2D eigenvalue weighted by Crippen LogP contribution is 2.20. The first-order chi connectivity index (χ1) is 10.5. The van der Waals surface area contributed by atoms with Crippen LogP contribution in [0, 0.1) is 0 Å². The summed E-state index contributed by atoms with van der Waals surface area (Å²) in [5.74, 6) is -0.863. The fourth-order valence-corrected chi connectivity index (χ4v) is 3.04. The Balaban J connectivity index is 1.82. The molecule has 0 aromatic heterocycles. The quantitative estimate of drug-likeness (QED) is 0.814. The molecular weight excluding hydrogens is 326 g/mol. The standard InChI is InChI=1S/C14H16ClN3O3S/c15-9-3-5-10(6-4-9)22-8-12(19)17-14(21)18-7-1-2-11(18)13(16)20/h3-6,11H,1-2,7-8H2,(H2,16,20)(H,17,19,21)/t11-/m0/s1. The molecule has 2 rings (SSSR count). The maximum atomic E-state index is 12.0. The number of carbonyl (C=O) groups is 3. The molecule has 0 saturated carbocycles. The van der Waals surface area contributed by atoms with Gasteiger partial charge in [-0.25, -0.2) is 4.79 Å². The van der Waals surface area contributed by atoms with E-state index >= 15 is 0 Å². The summed E-state index contributed by atoms with van der Waals surface area (Å²) in [6.45, 7) is 0.428. The van der Waals surface area contributed by atoms with Crippen LogP contribution >= 0.6 is 23.4 Å². The SMILES string of the molecule is NC(=O)[C@@H]1CCCN1C(=O)NC(=O)CSc1ccc(Cl)cc1. The van der Waals surface area contributed by atoms with Crippen molar-refractivity contribution >= 4 is 41.2 Å². The Morgan fingerprint density at radius 2 is 2.00 bits per heavy atom. The van der Waals surface area contributed by atoms with E-state index in [1.165, 1.54) is 16.7 Å². The highest BCUT2D eigenvalue weighted by Gasteiger charge is 2.33. The van der Waals surface area contributed by atoms with Crippen LogP contribution in [0.5, 0.6) is 0 Å². The molecular formula is C14H16ClN3O3S. The number of primary amides is 1. The van der Waals surface area contributed by atoms with E-state index in [0.29, 0.717) is 24.4 Å². The van der Waals surface area contributed by atoms with E-state index in [4.69, 9.17) is 17.3 Å². The molecule has 0 bridgehead atoms. The number of amides is 4. The van der Waals surface area contributed by atoms with Gasteiger partial charge in [0.25, 0.3) is 0 Å². The van der Waals surface area contributed by atoms with E-state index in [9.17, 15) is 14.4 Å². The van der Waals surface area contributed by atoms with Crippen LogP contribution < -0.4 is 11.1 Å². The van der Waals surface area contributed by atoms with E-state index in [1.54, 1.807) is 24.3 Å². The number of nitrogens with one attached hydrogen (secondary N) is 1. The summed E-state index contributed by atoms with van der Waals surface area (Å²) in [4.78, 5) is 37.2. The van der Waals surface area contributed by atoms with Crippen LogP contribution in [-0.2, 0) is 9.59 Å². The minimum absolute atomic E-state index is 0.0997. The number of nitrogens with two attached hydrogens (primary N) is 1. The summed E-state index contributed by atoms with van der Waals surface area (Å²) < 4.78 is 0. The van der Waals surface area contributed by atoms with Crippen LogP contribution in [0.1, 0.15) is 12.8 Å². The van der Waals surface area contributed by atoms with Crippen molar-refractivity contribution in [2.24, 2.45) is 5.73 Å². The molecule has 0 aliphatic carbocycles. The smallest absolute Gasteiger partial charge is 0.324 e. The van der Waals surface area contributed by atoms with Crippen molar-refractivity contribution in [3.8, 4) is 0 Å². The van der Waals surface area contributed by atoms with E-state index in [0.717, 1.165) is 4.90 Å². The first-order valence-electron chi connectivity index (χ1n) is 6.75. The van der Waals surface area contributed by atoms with Gasteiger partial charge in [0.2, 0.25) is 11.8 Å². The molecule has 6 nitrogen and oxygen atoms in total. The number of hydrogen-bond donors (Lipinski definition) is 2. The molecule has 8 heteroatoms. The maximum Gasteiger partial charge on any atom is 0.324 e. The number of hydrogen-bond acceptors (Lipinski definition) is 4. The van der Waals surface area contributed by atoms with Gasteiger partial charge >= 0.3 is 6.03 Å². The zero-order valence-corrected chi connectivity index (χ0v) is 13.3. The largest absolute Gasteiger partial charge is 0.368 e. The van der Waals surface area contributed by atoms with Gasteiger partial charge in [-0.05, 0) is 37.1 Å². The zero-order valence-electron chi connectivity index (χ0n) is 11.8.